The van der Waals surface area contributed by atoms with Crippen LogP contribution in [0.5, 0.6) is 0 Å². The second kappa shape index (κ2) is 8.03. The number of hydrazine groups is 1. The lowest BCUT2D eigenvalue weighted by Gasteiger charge is -2.17. The van der Waals surface area contributed by atoms with E-state index in [1.807, 2.05) is 43.3 Å². The van der Waals surface area contributed by atoms with Crippen LogP contribution in [0.2, 0.25) is 0 Å². The Hall–Kier alpha value is -3.15. The van der Waals surface area contributed by atoms with Crippen LogP contribution in [-0.4, -0.2) is 24.3 Å². The first-order chi connectivity index (χ1) is 13.0. The summed E-state index contributed by atoms with van der Waals surface area (Å²) in [6, 6.07) is 14.8. The predicted octanol–water partition coefficient (Wildman–Crippen LogP) is 2.37. The highest BCUT2D eigenvalue weighted by molar-refractivity contribution is 6.01. The minimum atomic E-state index is -0.498. The number of rotatable bonds is 4. The Morgan fingerprint density at radius 1 is 1.04 bits per heavy atom. The average molecular weight is 365 g/mol. The van der Waals surface area contributed by atoms with Crippen LogP contribution in [0.3, 0.4) is 0 Å². The second-order valence-corrected chi connectivity index (χ2v) is 6.73. The molecule has 0 aromatic heterocycles. The fraction of sp³-hybridized carbons (Fsp3) is 0.286. The topological polar surface area (TPSA) is 78.5 Å². The van der Waals surface area contributed by atoms with Crippen molar-refractivity contribution < 1.29 is 14.4 Å². The normalized spacial score (nSPS) is 16.3. The smallest absolute Gasteiger partial charge is 0.269 e. The molecule has 0 spiro atoms. The molecular weight excluding hydrogens is 342 g/mol. The van der Waals surface area contributed by atoms with Crippen molar-refractivity contribution in [2.45, 2.75) is 26.7 Å². The molecule has 1 fully saturated rings. The molecule has 0 unspecified atom stereocenters. The van der Waals surface area contributed by atoms with E-state index in [0.717, 1.165) is 17.7 Å². The van der Waals surface area contributed by atoms with E-state index < -0.39 is 5.92 Å². The molecule has 0 radical (unpaired) electrons. The molecule has 3 amide bonds. The van der Waals surface area contributed by atoms with Crippen LogP contribution in [0.1, 0.15) is 34.8 Å². The van der Waals surface area contributed by atoms with E-state index in [1.54, 1.807) is 17.0 Å². The summed E-state index contributed by atoms with van der Waals surface area (Å²) in [5.74, 6) is -1.35. The van der Waals surface area contributed by atoms with Crippen LogP contribution in [0, 0.1) is 12.8 Å². The van der Waals surface area contributed by atoms with Gasteiger partial charge in [0.2, 0.25) is 11.8 Å². The summed E-state index contributed by atoms with van der Waals surface area (Å²) < 4.78 is 0. The number of carbonyl (C=O) groups excluding carboxylic acids is 3. The predicted molar refractivity (Wildman–Crippen MR) is 103 cm³/mol. The van der Waals surface area contributed by atoms with Gasteiger partial charge in [0.1, 0.15) is 0 Å². The molecule has 6 nitrogen and oxygen atoms in total. The fourth-order valence-electron chi connectivity index (χ4n) is 3.04. The van der Waals surface area contributed by atoms with Gasteiger partial charge >= 0.3 is 0 Å². The third-order valence-electron chi connectivity index (χ3n) is 4.77. The van der Waals surface area contributed by atoms with Crippen molar-refractivity contribution in [2.24, 2.45) is 5.92 Å². The molecule has 1 aliphatic rings. The molecule has 0 bridgehead atoms. The number of aryl methyl sites for hydroxylation is 2. The minimum absolute atomic E-state index is 0.0933. The van der Waals surface area contributed by atoms with Gasteiger partial charge in [-0.3, -0.25) is 25.2 Å². The summed E-state index contributed by atoms with van der Waals surface area (Å²) in [6.07, 6.45) is 1.06. The average Bonchev–Trinajstić information content (AvgIpc) is 3.08. The molecule has 2 aromatic carbocycles. The summed E-state index contributed by atoms with van der Waals surface area (Å²) in [5, 5.41) is 0. The number of hydrogen-bond donors (Lipinski definition) is 2. The second-order valence-electron chi connectivity index (χ2n) is 6.73. The van der Waals surface area contributed by atoms with Crippen molar-refractivity contribution in [3.63, 3.8) is 0 Å². The van der Waals surface area contributed by atoms with E-state index >= 15 is 0 Å². The first kappa shape index (κ1) is 18.6. The molecule has 0 aliphatic carbocycles. The van der Waals surface area contributed by atoms with E-state index in [1.165, 1.54) is 5.56 Å². The quantitative estimate of drug-likeness (QED) is 0.817. The van der Waals surface area contributed by atoms with Gasteiger partial charge in [-0.25, -0.2) is 0 Å². The number of hydrogen-bond acceptors (Lipinski definition) is 3. The molecule has 27 heavy (non-hydrogen) atoms. The summed E-state index contributed by atoms with van der Waals surface area (Å²) >= 11 is 0. The van der Waals surface area contributed by atoms with Gasteiger partial charge in [-0.1, -0.05) is 36.8 Å². The Bertz CT molecular complexity index is 844. The molecule has 1 atom stereocenters. The molecule has 1 aliphatic heterocycles. The largest absolute Gasteiger partial charge is 0.312 e. The van der Waals surface area contributed by atoms with Gasteiger partial charge in [0.25, 0.3) is 5.91 Å². The molecule has 2 N–H and O–H groups in total. The lowest BCUT2D eigenvalue weighted by Crippen LogP contribution is -2.45. The Balaban J connectivity index is 1.56. The van der Waals surface area contributed by atoms with Crippen molar-refractivity contribution in [2.75, 3.05) is 11.4 Å². The van der Waals surface area contributed by atoms with Gasteiger partial charge in [-0.15, -0.1) is 0 Å². The van der Waals surface area contributed by atoms with E-state index in [9.17, 15) is 14.4 Å². The highest BCUT2D eigenvalue weighted by Crippen LogP contribution is 2.25. The standard InChI is InChI=1S/C21H23N3O3/c1-3-15-6-10-18(11-7-15)24-13-17(12-19(24)25)21(27)23-22-20(26)16-8-4-14(2)5-9-16/h4-11,17H,3,12-13H2,1-2H3,(H,22,26)(H,23,27)/t17-/m1/s1. The fourth-order valence-corrected chi connectivity index (χ4v) is 3.04. The zero-order valence-corrected chi connectivity index (χ0v) is 15.5. The Morgan fingerprint density at radius 3 is 2.33 bits per heavy atom. The number of anilines is 1. The van der Waals surface area contributed by atoms with Gasteiger partial charge in [-0.05, 0) is 43.2 Å². The number of benzene rings is 2. The SMILES string of the molecule is CCc1ccc(N2C[C@H](C(=O)NNC(=O)c3ccc(C)cc3)CC2=O)cc1. The van der Waals surface area contributed by atoms with Gasteiger partial charge < -0.3 is 4.90 Å². The number of carbonyl (C=O) groups is 3. The summed E-state index contributed by atoms with van der Waals surface area (Å²) in [5.41, 5.74) is 8.33. The molecule has 1 heterocycles. The number of nitrogens with one attached hydrogen (secondary N) is 2. The van der Waals surface area contributed by atoms with Crippen molar-refractivity contribution in [1.82, 2.24) is 10.9 Å². The summed E-state index contributed by atoms with van der Waals surface area (Å²) in [4.78, 5) is 38.3. The Morgan fingerprint density at radius 2 is 1.70 bits per heavy atom. The van der Waals surface area contributed by atoms with E-state index in [2.05, 4.69) is 17.8 Å². The first-order valence-electron chi connectivity index (χ1n) is 9.04. The summed E-state index contributed by atoms with van der Waals surface area (Å²) in [7, 11) is 0. The molecule has 140 valence electrons. The number of nitrogens with zero attached hydrogens (tertiary/aromatic N) is 1. The van der Waals surface area contributed by atoms with Crippen LogP contribution in [0.25, 0.3) is 0 Å². The third kappa shape index (κ3) is 4.34. The van der Waals surface area contributed by atoms with Gasteiger partial charge in [-0.2, -0.15) is 0 Å². The van der Waals surface area contributed by atoms with Crippen molar-refractivity contribution in [3.8, 4) is 0 Å². The molecule has 3 rings (SSSR count). The summed E-state index contributed by atoms with van der Waals surface area (Å²) in [6.45, 7) is 4.31. The van der Waals surface area contributed by atoms with E-state index in [-0.39, 0.29) is 24.1 Å². The van der Waals surface area contributed by atoms with E-state index in [0.29, 0.717) is 12.1 Å². The van der Waals surface area contributed by atoms with Crippen LogP contribution in [0.4, 0.5) is 5.69 Å². The zero-order chi connectivity index (χ0) is 19.4. The van der Waals surface area contributed by atoms with Crippen molar-refractivity contribution in [3.05, 3.63) is 65.2 Å². The number of amides is 3. The molecular formula is C21H23N3O3. The lowest BCUT2D eigenvalue weighted by molar-refractivity contribution is -0.126. The van der Waals surface area contributed by atoms with Crippen molar-refractivity contribution in [1.29, 1.82) is 0 Å². The van der Waals surface area contributed by atoms with Crippen LogP contribution in [0.15, 0.2) is 48.5 Å². The van der Waals surface area contributed by atoms with E-state index in [4.69, 9.17) is 0 Å². The van der Waals surface area contributed by atoms with Crippen LogP contribution < -0.4 is 15.8 Å². The minimum Gasteiger partial charge on any atom is -0.312 e. The Labute approximate surface area is 158 Å². The van der Waals surface area contributed by atoms with Crippen LogP contribution >= 0.6 is 0 Å². The highest BCUT2D eigenvalue weighted by atomic mass is 16.2. The third-order valence-corrected chi connectivity index (χ3v) is 4.77. The molecule has 2 aromatic rings. The maximum absolute atomic E-state index is 12.4. The highest BCUT2D eigenvalue weighted by Gasteiger charge is 2.35. The molecule has 6 heteroatoms. The maximum Gasteiger partial charge on any atom is 0.269 e. The monoisotopic (exact) mass is 365 g/mol. The molecule has 1 saturated heterocycles. The zero-order valence-electron chi connectivity index (χ0n) is 15.5. The van der Waals surface area contributed by atoms with Gasteiger partial charge in [0.05, 0.1) is 5.92 Å². The lowest BCUT2D eigenvalue weighted by atomic mass is 10.1. The Kier molecular flexibility index (Phi) is 5.54. The first-order valence-corrected chi connectivity index (χ1v) is 9.04. The van der Waals surface area contributed by atoms with Crippen LogP contribution in [-0.2, 0) is 16.0 Å². The van der Waals surface area contributed by atoms with Crippen molar-refractivity contribution >= 4 is 23.4 Å². The molecule has 0 saturated carbocycles. The van der Waals surface area contributed by atoms with Gasteiger partial charge in [0, 0.05) is 24.2 Å². The van der Waals surface area contributed by atoms with Gasteiger partial charge in [0.15, 0.2) is 0 Å². The maximum atomic E-state index is 12.4.